The van der Waals surface area contributed by atoms with Crippen LogP contribution in [0.1, 0.15) is 156 Å². The molecule has 0 bridgehead atoms. The Kier molecular flexibility index (Phi) is 31.5. The highest BCUT2D eigenvalue weighted by atomic mass is 32.2. The number of alkyl halides is 7. The number of aliphatic imine (C=N–C) groups is 2. The Morgan fingerprint density at radius 1 is 0.634 bits per heavy atom. The molecule has 554 valence electrons. The predicted molar refractivity (Wildman–Crippen MR) is 379 cm³/mol. The lowest BCUT2D eigenvalue weighted by atomic mass is 9.89. The van der Waals surface area contributed by atoms with Crippen molar-refractivity contribution in [2.24, 2.45) is 9.98 Å². The van der Waals surface area contributed by atoms with Gasteiger partial charge in [0.05, 0.1) is 49.9 Å². The van der Waals surface area contributed by atoms with Crippen molar-refractivity contribution >= 4 is 55.4 Å². The number of halogens is 7. The summed E-state index contributed by atoms with van der Waals surface area (Å²) in [5.41, 5.74) is -0.665. The van der Waals surface area contributed by atoms with Crippen molar-refractivity contribution in [3.05, 3.63) is 179 Å². The summed E-state index contributed by atoms with van der Waals surface area (Å²) in [7, 11) is -4.63. The number of amidine groups is 2. The van der Waals surface area contributed by atoms with E-state index >= 15 is 0 Å². The summed E-state index contributed by atoms with van der Waals surface area (Å²) < 4.78 is 164. The number of carboxylic acids is 1. The number of unbranched alkanes of at least 4 members (excludes halogenated alkanes) is 6. The number of nitrogens with one attached hydrogen (secondary N) is 3. The van der Waals surface area contributed by atoms with Gasteiger partial charge in [-0.2, -0.15) is 26.3 Å². The van der Waals surface area contributed by atoms with Crippen molar-refractivity contribution in [1.82, 2.24) is 29.5 Å². The number of aryl methyl sites for hydroxylation is 4. The van der Waals surface area contributed by atoms with Gasteiger partial charge < -0.3 is 35.4 Å². The molecule has 0 aliphatic carbocycles. The Hall–Kier alpha value is -8.05. The number of aromatic carboxylic acids is 1. The average Bonchev–Trinajstić information content (AvgIpc) is 1.62. The van der Waals surface area contributed by atoms with Gasteiger partial charge in [-0.1, -0.05) is 49.3 Å². The van der Waals surface area contributed by atoms with E-state index in [-0.39, 0.29) is 135 Å². The molecule has 0 atom stereocenters. The van der Waals surface area contributed by atoms with Crippen LogP contribution in [0.3, 0.4) is 0 Å². The van der Waals surface area contributed by atoms with Crippen molar-refractivity contribution in [1.29, 1.82) is 0 Å². The van der Waals surface area contributed by atoms with Crippen LogP contribution in [0.15, 0.2) is 133 Å². The number of nitrogens with zero attached hydrogens (tertiary/aromatic N) is 5. The topological polar surface area (TPSA) is 246 Å². The quantitative estimate of drug-likeness (QED) is 0.0203. The van der Waals surface area contributed by atoms with Crippen molar-refractivity contribution < 1.29 is 82.7 Å². The Labute approximate surface area is 590 Å². The number of carboxylic acid groups (broad SMARTS) is 1. The number of rotatable bonds is 32. The third kappa shape index (κ3) is 24.3. The summed E-state index contributed by atoms with van der Waals surface area (Å²) in [6.45, 7) is 20.3. The number of carbonyl (C=O) groups excluding carboxylic acids is 3. The standard InChI is InChI=1S/C36H45F3N4O5S.C28H30F3N3O6S.C8H17N.CH3F/c1-5-7-9-10-11-17-42(4)33(44)28-13-12-27(26(3)22-28)14-21-49(46,47)43-18-15-35(16-19-43)34(45)40-32(41-35)29-23-30(36(37,38)39)25-31(24-29)48-20-8-6-2;1-3-4-12-40-23-16-21(15-22(17-23)28(29,30)31)24-32-26(37)27(33-24)8-10-34(11-9-27)41(38,39)13-7-19-5-6-20(25(35)36)14-18(19)2;1-3-4-5-6-7-8-9-2;1-2/h5-6,12-13,22-25H,1-2,7-11,14-21H2,3-4H3,(H,40,41,45);3,5-6,14-17H,1,4,7-13H2,2H3,(H,35,36)(H,32,33,37);3,9H,1,4-8H2,2H3;1H3/i;;;1D. The van der Waals surface area contributed by atoms with E-state index in [1.54, 1.807) is 55.3 Å². The molecule has 4 aliphatic heterocycles. The highest BCUT2D eigenvalue weighted by Gasteiger charge is 2.49. The first kappa shape index (κ1) is 81.9. The number of hydrogen-bond donors (Lipinski definition) is 4. The number of sulfonamides is 2. The zero-order chi connectivity index (χ0) is 75.5. The summed E-state index contributed by atoms with van der Waals surface area (Å²) in [5, 5.41) is 17.4. The van der Waals surface area contributed by atoms with Gasteiger partial charge in [0.2, 0.25) is 20.0 Å². The molecule has 2 spiro atoms. The molecule has 2 saturated heterocycles. The van der Waals surface area contributed by atoms with Crippen molar-refractivity contribution in [3.63, 3.8) is 0 Å². The molecular weight excluding hydrogens is 1360 g/mol. The van der Waals surface area contributed by atoms with Gasteiger partial charge in [-0.15, -0.1) is 26.3 Å². The first-order valence-corrected chi connectivity index (χ1v) is 36.6. The fourth-order valence-electron chi connectivity index (χ4n) is 11.6. The molecule has 4 aromatic carbocycles. The van der Waals surface area contributed by atoms with E-state index in [1.807, 2.05) is 26.1 Å². The van der Waals surface area contributed by atoms with Gasteiger partial charge in [-0.05, 0) is 200 Å². The van der Waals surface area contributed by atoms with Crippen molar-refractivity contribution in [2.45, 2.75) is 140 Å². The van der Waals surface area contributed by atoms with Crippen LogP contribution in [-0.2, 0) is 54.8 Å². The van der Waals surface area contributed by atoms with Gasteiger partial charge in [0.15, 0.2) is 0 Å². The number of benzene rings is 4. The van der Waals surface area contributed by atoms with Crippen LogP contribution in [0.2, 0.25) is 0 Å². The monoisotopic (exact) mass is 1460 g/mol. The fourth-order valence-corrected chi connectivity index (χ4v) is 14.5. The minimum absolute atomic E-state index is 0.00640. The molecule has 4 heterocycles. The van der Waals surface area contributed by atoms with Crippen LogP contribution in [0.25, 0.3) is 0 Å². The second-order valence-corrected chi connectivity index (χ2v) is 29.0. The summed E-state index contributed by atoms with van der Waals surface area (Å²) in [4.78, 5) is 60.9. The van der Waals surface area contributed by atoms with Crippen molar-refractivity contribution in [2.75, 3.05) is 85.2 Å². The van der Waals surface area contributed by atoms with Gasteiger partial charge in [-0.25, -0.2) is 30.2 Å². The number of carbonyl (C=O) groups is 4. The normalized spacial score (nSPS) is 15.9. The predicted octanol–water partition coefficient (Wildman–Crippen LogP) is 12.6. The zero-order valence-electron chi connectivity index (χ0n) is 58.9. The van der Waals surface area contributed by atoms with Gasteiger partial charge in [0, 0.05) is 56.5 Å². The Bertz CT molecular complexity index is 3850. The Morgan fingerprint density at radius 2 is 1.03 bits per heavy atom. The minimum atomic E-state index is -4.65. The molecule has 0 saturated carbocycles. The molecule has 4 aliphatic rings. The molecule has 0 unspecified atom stereocenters. The number of piperidine rings is 2. The zero-order valence-corrected chi connectivity index (χ0v) is 59.5. The molecule has 4 N–H and O–H groups in total. The molecular formula is C73H95F7N8O11S2. The first-order valence-electron chi connectivity index (χ1n) is 34.1. The molecule has 0 aromatic heterocycles. The third-order valence-corrected chi connectivity index (χ3v) is 21.3. The molecule has 101 heavy (non-hydrogen) atoms. The van der Waals surface area contributed by atoms with E-state index in [2.05, 4.69) is 52.3 Å². The maximum atomic E-state index is 13.7. The van der Waals surface area contributed by atoms with E-state index in [4.69, 9.17) is 16.0 Å². The number of allylic oxidation sites excluding steroid dienone is 2. The maximum absolute atomic E-state index is 13.7. The van der Waals surface area contributed by atoms with E-state index < -0.39 is 79.5 Å². The molecule has 2 fully saturated rings. The second-order valence-electron chi connectivity index (χ2n) is 24.9. The Morgan fingerprint density at radius 3 is 1.41 bits per heavy atom. The van der Waals surface area contributed by atoms with Crippen molar-refractivity contribution in [3.8, 4) is 11.5 Å². The Balaban J connectivity index is 0.000000320. The lowest BCUT2D eigenvalue weighted by molar-refractivity contribution is -0.138. The van der Waals surface area contributed by atoms with Crippen LogP contribution in [0, 0.1) is 13.8 Å². The summed E-state index contributed by atoms with van der Waals surface area (Å²) in [6, 6.07) is 16.2. The summed E-state index contributed by atoms with van der Waals surface area (Å²) >= 11 is 0. The second kappa shape index (κ2) is 38.8. The van der Waals surface area contributed by atoms with Gasteiger partial charge in [0.1, 0.15) is 34.2 Å². The van der Waals surface area contributed by atoms with Gasteiger partial charge >= 0.3 is 18.3 Å². The molecule has 8 rings (SSSR count). The first-order chi connectivity index (χ1) is 48.3. The van der Waals surface area contributed by atoms with Crippen LogP contribution in [0.5, 0.6) is 11.5 Å². The van der Waals surface area contributed by atoms with Gasteiger partial charge in [0.25, 0.3) is 17.7 Å². The highest BCUT2D eigenvalue weighted by Crippen LogP contribution is 2.39. The lowest BCUT2D eigenvalue weighted by Crippen LogP contribution is -2.50. The summed E-state index contributed by atoms with van der Waals surface area (Å²) in [6.07, 6.45) is 8.36. The van der Waals surface area contributed by atoms with Crippen LogP contribution in [0.4, 0.5) is 30.7 Å². The minimum Gasteiger partial charge on any atom is -0.493 e. The molecule has 3 amide bonds. The van der Waals surface area contributed by atoms with Crippen LogP contribution >= 0.6 is 0 Å². The van der Waals surface area contributed by atoms with E-state index in [9.17, 15) is 66.7 Å². The number of ether oxygens (including phenoxy) is 2. The van der Waals surface area contributed by atoms with E-state index in [1.165, 1.54) is 58.6 Å². The van der Waals surface area contributed by atoms with Crippen LogP contribution in [-0.4, -0.2) is 167 Å². The third-order valence-electron chi connectivity index (χ3n) is 17.6. The molecule has 28 heteroatoms. The van der Waals surface area contributed by atoms with Crippen LogP contribution < -0.4 is 25.4 Å². The highest BCUT2D eigenvalue weighted by molar-refractivity contribution is 7.89. The SMILES string of the molecule is C=CCCCCCN(C)C(=O)c1ccc(CCS(=O)(=O)N2CCC3(CC2)N=C(c2cc(OCCC=C)cc(C(F)(F)F)c2)NC3=O)c(C)c1.C=CCCCCCNC.C=CCCOc1cc(C2=NC3(CCN(S(=O)(=O)CCc4ccc(C(=O)O)cc4C)CC3)C(=O)N2)cc(C(F)(F)F)c1.[2H]CF. The largest absolute Gasteiger partial charge is 0.493 e. The smallest absolute Gasteiger partial charge is 0.416 e. The summed E-state index contributed by atoms with van der Waals surface area (Å²) in [5.74, 6) is -2.55. The maximum Gasteiger partial charge on any atom is 0.416 e. The molecule has 19 nitrogen and oxygen atoms in total. The van der Waals surface area contributed by atoms with E-state index in [0.717, 1.165) is 67.6 Å². The molecule has 4 aromatic rings. The lowest BCUT2D eigenvalue weighted by Gasteiger charge is -2.34. The van der Waals surface area contributed by atoms with E-state index in [0.29, 0.717) is 36.1 Å². The number of amides is 3. The molecule has 0 radical (unpaired) electrons. The average molecular weight is 1460 g/mol. The number of hydrogen-bond acceptors (Lipinski definition) is 13. The fraction of sp³-hybridized carbons (Fsp3) is 0.479. The van der Waals surface area contributed by atoms with Gasteiger partial charge in [-0.3, -0.25) is 28.8 Å².